The number of rotatable bonds is 3. The van der Waals surface area contributed by atoms with Crippen molar-refractivity contribution in [2.24, 2.45) is 0 Å². The maximum absolute atomic E-state index is 11.3. The highest BCUT2D eigenvalue weighted by Gasteiger charge is 2.10. The normalized spacial score (nSPS) is 10.1. The van der Waals surface area contributed by atoms with Gasteiger partial charge in [0, 0.05) is 6.07 Å². The molecule has 0 spiro atoms. The lowest BCUT2D eigenvalue weighted by Gasteiger charge is -2.01. The summed E-state index contributed by atoms with van der Waals surface area (Å²) in [6.45, 7) is 0.163. The number of hydrogen-bond donors (Lipinski definition) is 0. The molecule has 0 bridgehead atoms. The van der Waals surface area contributed by atoms with Gasteiger partial charge in [-0.2, -0.15) is 0 Å². The number of halogens is 3. The average Bonchev–Trinajstić information content (AvgIpc) is 2.04. The third kappa shape index (κ3) is 2.80. The van der Waals surface area contributed by atoms with E-state index < -0.39 is 0 Å². The molecule has 0 unspecified atom stereocenters. The topological polar surface area (TPSA) is 48.7 Å². The molecule has 0 atom stereocenters. The van der Waals surface area contributed by atoms with Crippen LogP contribution in [0.3, 0.4) is 0 Å². The van der Waals surface area contributed by atoms with E-state index in [-0.39, 0.29) is 22.5 Å². The van der Waals surface area contributed by atoms with Crippen LogP contribution in [0.5, 0.6) is 5.75 Å². The smallest absolute Gasteiger partial charge is 0.233 e. The first-order valence-corrected chi connectivity index (χ1v) is 5.12. The molecule has 0 fully saturated rings. The van der Waals surface area contributed by atoms with Crippen LogP contribution >= 0.6 is 48.4 Å². The number of hydrogen-bond acceptors (Lipinski definition) is 4. The van der Waals surface area contributed by atoms with E-state index in [1.165, 1.54) is 6.07 Å². The van der Waals surface area contributed by atoms with E-state index in [0.717, 1.165) is 0 Å². The molecule has 1 rings (SSSR count). The molecule has 0 aliphatic heterocycles. The first-order chi connectivity index (χ1) is 6.19. The Morgan fingerprint density at radius 1 is 1.46 bits per heavy atom. The first kappa shape index (κ1) is 11.2. The van der Waals surface area contributed by atoms with Crippen molar-refractivity contribution in [3.63, 3.8) is 0 Å². The second kappa shape index (κ2) is 5.14. The van der Waals surface area contributed by atoms with Gasteiger partial charge in [0.1, 0.15) is 12.4 Å². The molecule has 0 aliphatic rings. The Kier molecular flexibility index (Phi) is 4.43. The maximum Gasteiger partial charge on any atom is 0.233 e. The van der Waals surface area contributed by atoms with Gasteiger partial charge < -0.3 is 8.25 Å². The summed E-state index contributed by atoms with van der Waals surface area (Å²) in [6.07, 6.45) is 0. The van der Waals surface area contributed by atoms with Crippen molar-refractivity contribution in [1.82, 2.24) is 0 Å². The molecule has 13 heavy (non-hydrogen) atoms. The van der Waals surface area contributed by atoms with Crippen molar-refractivity contribution in [3.05, 3.63) is 26.7 Å². The molecule has 0 aromatic carbocycles. The Balaban J connectivity index is 3.13. The minimum Gasteiger partial charge on any atom is -0.448 e. The molecular weight excluding hydrogens is 376 g/mol. The predicted molar refractivity (Wildman–Crippen MR) is 55.9 cm³/mol. The van der Waals surface area contributed by atoms with Crippen LogP contribution in [0.1, 0.15) is 5.76 Å². The molecule has 7 heteroatoms. The summed E-state index contributed by atoms with van der Waals surface area (Å²) in [4.78, 5) is 11.3. The van der Waals surface area contributed by atoms with Crippen LogP contribution in [-0.4, -0.2) is 0 Å². The van der Waals surface area contributed by atoms with E-state index in [2.05, 4.69) is 56.1 Å². The molecular formula is C6H3Br3O4. The second-order valence-electron chi connectivity index (χ2n) is 2.01. The SMILES string of the molecule is O=c1cc(COBr)oc(Br)c1OBr. The molecule has 1 aromatic rings. The van der Waals surface area contributed by atoms with Crippen LogP contribution in [0.15, 0.2) is 19.9 Å². The minimum absolute atomic E-state index is 0.0679. The Hall–Kier alpha value is 0.150. The lowest BCUT2D eigenvalue weighted by Crippen LogP contribution is -2.04. The van der Waals surface area contributed by atoms with E-state index >= 15 is 0 Å². The van der Waals surface area contributed by atoms with Gasteiger partial charge in [-0.1, -0.05) is 0 Å². The molecule has 0 N–H and O–H groups in total. The lowest BCUT2D eigenvalue weighted by atomic mass is 10.4. The fourth-order valence-electron chi connectivity index (χ4n) is 0.693. The van der Waals surface area contributed by atoms with Crippen LogP contribution in [0.4, 0.5) is 0 Å². The monoisotopic (exact) mass is 376 g/mol. The summed E-state index contributed by atoms with van der Waals surface area (Å²) >= 11 is 8.48. The van der Waals surface area contributed by atoms with Gasteiger partial charge in [0.25, 0.3) is 0 Å². The fraction of sp³-hybridized carbons (Fsp3) is 0.167. The molecule has 0 radical (unpaired) electrons. The van der Waals surface area contributed by atoms with Crippen molar-refractivity contribution >= 4 is 48.4 Å². The van der Waals surface area contributed by atoms with Crippen molar-refractivity contribution in [2.75, 3.05) is 0 Å². The summed E-state index contributed by atoms with van der Waals surface area (Å²) in [5, 5.41) is 0. The zero-order valence-electron chi connectivity index (χ0n) is 6.05. The second-order valence-corrected chi connectivity index (χ2v) is 3.51. The summed E-state index contributed by atoms with van der Waals surface area (Å²) in [5.74, 6) is 0.459. The molecule has 0 amide bonds. The Morgan fingerprint density at radius 3 is 2.62 bits per heavy atom. The van der Waals surface area contributed by atoms with Gasteiger partial charge in [-0.15, -0.1) is 0 Å². The van der Waals surface area contributed by atoms with Gasteiger partial charge in [0.05, 0.1) is 16.3 Å². The van der Waals surface area contributed by atoms with Crippen molar-refractivity contribution in [1.29, 1.82) is 0 Å². The van der Waals surface area contributed by atoms with Crippen molar-refractivity contribution < 1.29 is 12.1 Å². The molecule has 0 saturated heterocycles. The summed E-state index contributed by atoms with van der Waals surface area (Å²) in [5.41, 5.74) is -0.297. The van der Waals surface area contributed by atoms with Gasteiger partial charge in [-0.25, -0.2) is 0 Å². The highest BCUT2D eigenvalue weighted by molar-refractivity contribution is 9.10. The van der Waals surface area contributed by atoms with Crippen LogP contribution in [0.25, 0.3) is 0 Å². The highest BCUT2D eigenvalue weighted by atomic mass is 79.9. The average molecular weight is 379 g/mol. The quantitative estimate of drug-likeness (QED) is 0.811. The lowest BCUT2D eigenvalue weighted by molar-refractivity contribution is 0.315. The Labute approximate surface area is 99.2 Å². The molecule has 1 aromatic heterocycles. The highest BCUT2D eigenvalue weighted by Crippen LogP contribution is 2.23. The fourth-order valence-corrected chi connectivity index (χ4v) is 1.93. The zero-order valence-corrected chi connectivity index (χ0v) is 10.8. The van der Waals surface area contributed by atoms with Crippen molar-refractivity contribution in [2.45, 2.75) is 6.61 Å². The predicted octanol–water partition coefficient (Wildman–Crippen LogP) is 2.92. The molecule has 0 aliphatic carbocycles. The van der Waals surface area contributed by atoms with Crippen LogP contribution in [-0.2, 0) is 10.4 Å². The molecule has 0 saturated carbocycles. The van der Waals surface area contributed by atoms with Crippen molar-refractivity contribution in [3.8, 4) is 5.75 Å². The van der Waals surface area contributed by atoms with Crippen LogP contribution in [0, 0.1) is 0 Å². The summed E-state index contributed by atoms with van der Waals surface area (Å²) in [6, 6.07) is 1.28. The van der Waals surface area contributed by atoms with E-state index in [0.29, 0.717) is 5.76 Å². The Bertz CT molecular complexity index is 348. The van der Waals surface area contributed by atoms with E-state index in [4.69, 9.17) is 4.42 Å². The maximum atomic E-state index is 11.3. The molecule has 1 heterocycles. The van der Waals surface area contributed by atoms with Crippen LogP contribution < -0.4 is 9.26 Å². The largest absolute Gasteiger partial charge is 0.448 e. The molecule has 4 nitrogen and oxygen atoms in total. The van der Waals surface area contributed by atoms with E-state index in [1.807, 2.05) is 0 Å². The summed E-state index contributed by atoms with van der Waals surface area (Å²) in [7, 11) is 0. The zero-order chi connectivity index (χ0) is 9.84. The van der Waals surface area contributed by atoms with Gasteiger partial charge >= 0.3 is 0 Å². The van der Waals surface area contributed by atoms with Gasteiger partial charge in [-0.05, 0) is 15.9 Å². The minimum atomic E-state index is -0.297. The summed E-state index contributed by atoms with van der Waals surface area (Å²) < 4.78 is 14.6. The van der Waals surface area contributed by atoms with Gasteiger partial charge in [-0.3, -0.25) is 8.62 Å². The third-order valence-corrected chi connectivity index (χ3v) is 2.26. The van der Waals surface area contributed by atoms with E-state index in [9.17, 15) is 4.79 Å². The van der Waals surface area contributed by atoms with E-state index in [1.54, 1.807) is 0 Å². The molecule has 72 valence electrons. The standard InChI is InChI=1S/C6H3Br3O4/c7-6-5(13-9)4(10)1-3(12-6)2-11-8/h1H,2H2. The third-order valence-electron chi connectivity index (χ3n) is 1.19. The van der Waals surface area contributed by atoms with Crippen LogP contribution in [0.2, 0.25) is 0 Å². The first-order valence-electron chi connectivity index (χ1n) is 3.03. The van der Waals surface area contributed by atoms with Gasteiger partial charge in [0.2, 0.25) is 15.8 Å². The Morgan fingerprint density at radius 2 is 2.15 bits per heavy atom. The van der Waals surface area contributed by atoms with Gasteiger partial charge in [0.15, 0.2) is 16.3 Å².